The van der Waals surface area contributed by atoms with Crippen LogP contribution < -0.4 is 5.32 Å². The molecule has 0 aliphatic rings. The van der Waals surface area contributed by atoms with Gasteiger partial charge in [-0.15, -0.1) is 11.3 Å². The van der Waals surface area contributed by atoms with E-state index >= 15 is 0 Å². The minimum atomic E-state index is -0.218. The van der Waals surface area contributed by atoms with E-state index in [4.69, 9.17) is 11.6 Å². The Bertz CT molecular complexity index is 482. The van der Waals surface area contributed by atoms with Gasteiger partial charge < -0.3 is 10.4 Å². The fourth-order valence-electron chi connectivity index (χ4n) is 1.64. The molecule has 0 aliphatic carbocycles. The van der Waals surface area contributed by atoms with E-state index in [0.29, 0.717) is 11.7 Å². The van der Waals surface area contributed by atoms with Crippen LogP contribution >= 0.6 is 22.9 Å². The van der Waals surface area contributed by atoms with Gasteiger partial charge in [-0.25, -0.2) is 4.98 Å². The van der Waals surface area contributed by atoms with Crippen molar-refractivity contribution in [1.29, 1.82) is 0 Å². The van der Waals surface area contributed by atoms with Gasteiger partial charge in [0, 0.05) is 18.1 Å². The topological polar surface area (TPSA) is 49.6 Å². The third kappa shape index (κ3) is 2.98. The fraction of sp³-hybridized carbons (Fsp3) is 0.545. The van der Waals surface area contributed by atoms with Crippen molar-refractivity contribution in [2.45, 2.75) is 32.4 Å². The van der Waals surface area contributed by atoms with Crippen LogP contribution in [0.4, 0.5) is 0 Å². The number of aliphatic hydroxyl groups is 1. The van der Waals surface area contributed by atoms with Gasteiger partial charge in [0.25, 0.3) is 0 Å². The molecule has 0 aromatic carbocycles. The zero-order valence-corrected chi connectivity index (χ0v) is 11.3. The third-order valence-corrected chi connectivity index (χ3v) is 3.79. The van der Waals surface area contributed by atoms with Crippen LogP contribution in [0.2, 0.25) is 5.15 Å². The molecule has 0 fully saturated rings. The molecule has 6 heteroatoms. The highest BCUT2D eigenvalue weighted by molar-refractivity contribution is 7.15. The predicted octanol–water partition coefficient (Wildman–Crippen LogP) is 2.30. The van der Waals surface area contributed by atoms with E-state index in [9.17, 15) is 5.11 Å². The van der Waals surface area contributed by atoms with E-state index in [-0.39, 0.29) is 6.10 Å². The average Bonchev–Trinajstić information content (AvgIpc) is 2.86. The highest BCUT2D eigenvalue weighted by atomic mass is 35.5. The molecule has 2 aromatic rings. The summed E-state index contributed by atoms with van der Waals surface area (Å²) in [5.41, 5.74) is 0.980. The molecule has 0 saturated heterocycles. The third-order valence-electron chi connectivity index (χ3n) is 2.73. The summed E-state index contributed by atoms with van der Waals surface area (Å²) in [4.78, 5) is 5.18. The van der Waals surface area contributed by atoms with Gasteiger partial charge in [-0.1, -0.05) is 18.5 Å². The van der Waals surface area contributed by atoms with Crippen LogP contribution in [-0.2, 0) is 6.54 Å². The van der Waals surface area contributed by atoms with Gasteiger partial charge >= 0.3 is 0 Å². The van der Waals surface area contributed by atoms with Crippen LogP contribution in [0.1, 0.15) is 25.5 Å². The maximum Gasteiger partial charge on any atom is 0.195 e. The van der Waals surface area contributed by atoms with E-state index in [2.05, 4.69) is 10.3 Å². The Morgan fingerprint density at radius 1 is 1.65 bits per heavy atom. The summed E-state index contributed by atoms with van der Waals surface area (Å²) in [7, 11) is 0. The molecule has 0 saturated carbocycles. The number of aliphatic hydroxyl groups excluding tert-OH is 1. The summed E-state index contributed by atoms with van der Waals surface area (Å²) in [6, 6.07) is 0. The summed E-state index contributed by atoms with van der Waals surface area (Å²) < 4.78 is 2.00. The summed E-state index contributed by atoms with van der Waals surface area (Å²) in [5.74, 6) is 0. The first-order valence-electron chi connectivity index (χ1n) is 5.71. The van der Waals surface area contributed by atoms with Crippen LogP contribution in [0.5, 0.6) is 0 Å². The largest absolute Gasteiger partial charge is 0.393 e. The molecule has 4 nitrogen and oxygen atoms in total. The molecule has 0 aliphatic heterocycles. The molecule has 17 heavy (non-hydrogen) atoms. The Morgan fingerprint density at radius 3 is 3.24 bits per heavy atom. The highest BCUT2D eigenvalue weighted by Crippen LogP contribution is 2.20. The predicted molar refractivity (Wildman–Crippen MR) is 70.7 cm³/mol. The maximum absolute atomic E-state index is 9.43. The lowest BCUT2D eigenvalue weighted by Gasteiger charge is -2.08. The van der Waals surface area contributed by atoms with Crippen LogP contribution in [0.25, 0.3) is 4.96 Å². The van der Waals surface area contributed by atoms with E-state index in [1.165, 1.54) is 0 Å². The molecular formula is C11H16ClN3OS. The standard InChI is InChI=1S/C11H16ClN3OS/c1-2-8(16)3-4-13-7-9-10(12)14-11-15(9)5-6-17-11/h5-6,8,13,16H,2-4,7H2,1H3. The summed E-state index contributed by atoms with van der Waals surface area (Å²) >= 11 is 7.63. The number of nitrogens with one attached hydrogen (secondary N) is 1. The lowest BCUT2D eigenvalue weighted by Crippen LogP contribution is -2.20. The second-order valence-corrected chi connectivity index (χ2v) is 5.16. The van der Waals surface area contributed by atoms with Crippen molar-refractivity contribution in [2.24, 2.45) is 0 Å². The Balaban J connectivity index is 1.90. The molecule has 1 unspecified atom stereocenters. The molecule has 2 heterocycles. The van der Waals surface area contributed by atoms with Crippen LogP contribution in [0.3, 0.4) is 0 Å². The summed E-state index contributed by atoms with van der Waals surface area (Å²) in [6.07, 6.45) is 3.31. The number of halogens is 1. The fourth-order valence-corrected chi connectivity index (χ4v) is 2.66. The first kappa shape index (κ1) is 12.8. The Kier molecular flexibility index (Phi) is 4.39. The number of fused-ring (bicyclic) bond motifs is 1. The average molecular weight is 274 g/mol. The Labute approximate surface area is 109 Å². The van der Waals surface area contributed by atoms with E-state index < -0.39 is 0 Å². The first-order valence-corrected chi connectivity index (χ1v) is 6.96. The Morgan fingerprint density at radius 2 is 2.47 bits per heavy atom. The van der Waals surface area contributed by atoms with Crippen molar-refractivity contribution < 1.29 is 5.11 Å². The van der Waals surface area contributed by atoms with Gasteiger partial charge in [-0.05, 0) is 19.4 Å². The van der Waals surface area contributed by atoms with Crippen LogP contribution in [0.15, 0.2) is 11.6 Å². The zero-order valence-electron chi connectivity index (χ0n) is 9.69. The number of imidazole rings is 1. The smallest absolute Gasteiger partial charge is 0.195 e. The minimum Gasteiger partial charge on any atom is -0.393 e. The minimum absolute atomic E-state index is 0.218. The van der Waals surface area contributed by atoms with E-state index in [1.807, 2.05) is 22.9 Å². The maximum atomic E-state index is 9.43. The second kappa shape index (κ2) is 5.82. The quantitative estimate of drug-likeness (QED) is 0.794. The SMILES string of the molecule is CCC(O)CCNCc1c(Cl)nc2sccn12. The van der Waals surface area contributed by atoms with Crippen molar-refractivity contribution in [2.75, 3.05) is 6.54 Å². The summed E-state index contributed by atoms with van der Waals surface area (Å²) in [5, 5.41) is 15.2. The normalized spacial score (nSPS) is 13.4. The lowest BCUT2D eigenvalue weighted by molar-refractivity contribution is 0.159. The number of hydrogen-bond donors (Lipinski definition) is 2. The van der Waals surface area contributed by atoms with Crippen molar-refractivity contribution in [1.82, 2.24) is 14.7 Å². The number of nitrogens with zero attached hydrogens (tertiary/aromatic N) is 2. The molecular weight excluding hydrogens is 258 g/mol. The second-order valence-electron chi connectivity index (χ2n) is 3.93. The molecule has 0 spiro atoms. The number of aromatic nitrogens is 2. The summed E-state index contributed by atoms with van der Waals surface area (Å²) in [6.45, 7) is 3.43. The van der Waals surface area contributed by atoms with Crippen molar-refractivity contribution in [3.8, 4) is 0 Å². The van der Waals surface area contributed by atoms with Crippen LogP contribution in [-0.4, -0.2) is 27.1 Å². The molecule has 94 valence electrons. The molecule has 0 bridgehead atoms. The molecule has 2 rings (SSSR count). The van der Waals surface area contributed by atoms with Crippen molar-refractivity contribution in [3.05, 3.63) is 22.4 Å². The van der Waals surface area contributed by atoms with Gasteiger partial charge in [0.05, 0.1) is 11.8 Å². The number of hydrogen-bond acceptors (Lipinski definition) is 4. The zero-order chi connectivity index (χ0) is 12.3. The van der Waals surface area contributed by atoms with Gasteiger partial charge in [-0.3, -0.25) is 4.40 Å². The van der Waals surface area contributed by atoms with E-state index in [0.717, 1.165) is 30.0 Å². The van der Waals surface area contributed by atoms with Crippen LogP contribution in [0, 0.1) is 0 Å². The molecule has 2 N–H and O–H groups in total. The molecule has 0 amide bonds. The molecule has 0 radical (unpaired) electrons. The number of rotatable bonds is 6. The monoisotopic (exact) mass is 273 g/mol. The van der Waals surface area contributed by atoms with Crippen molar-refractivity contribution in [3.63, 3.8) is 0 Å². The van der Waals surface area contributed by atoms with Gasteiger partial charge in [0.15, 0.2) is 10.1 Å². The van der Waals surface area contributed by atoms with E-state index in [1.54, 1.807) is 11.3 Å². The molecule has 2 aromatic heterocycles. The van der Waals surface area contributed by atoms with Crippen molar-refractivity contribution >= 4 is 27.9 Å². The number of thiazole rings is 1. The van der Waals surface area contributed by atoms with Gasteiger partial charge in [-0.2, -0.15) is 0 Å². The first-order chi connectivity index (χ1) is 8.22. The highest BCUT2D eigenvalue weighted by Gasteiger charge is 2.10. The van der Waals surface area contributed by atoms with Gasteiger partial charge in [0.1, 0.15) is 0 Å². The lowest BCUT2D eigenvalue weighted by atomic mass is 10.2. The van der Waals surface area contributed by atoms with Gasteiger partial charge in [0.2, 0.25) is 0 Å². The molecule has 1 atom stereocenters. The Hall–Kier alpha value is -0.620.